The summed E-state index contributed by atoms with van der Waals surface area (Å²) in [5.41, 5.74) is 0. The molecule has 0 aliphatic rings. The van der Waals surface area contributed by atoms with E-state index in [2.05, 4.69) is 48.5 Å². The van der Waals surface area contributed by atoms with Gasteiger partial charge in [-0.15, -0.1) is 0 Å². The highest BCUT2D eigenvalue weighted by atomic mass is 31.2. The molecule has 0 aromatic rings. The Labute approximate surface area is 467 Å². The van der Waals surface area contributed by atoms with Crippen molar-refractivity contribution in [2.75, 3.05) is 39.6 Å². The molecule has 0 saturated carbocycles. The van der Waals surface area contributed by atoms with E-state index in [1.807, 2.05) is 0 Å². The molecule has 0 spiro atoms. The van der Waals surface area contributed by atoms with Crippen molar-refractivity contribution in [1.82, 2.24) is 0 Å². The number of unbranched alkanes of at least 4 members (excludes halogenated alkanes) is 24. The summed E-state index contributed by atoms with van der Waals surface area (Å²) in [6.07, 6.45) is 28.4. The molecule has 0 amide bonds. The Morgan fingerprint density at radius 3 is 0.883 bits per heavy atom. The Morgan fingerprint density at radius 1 is 0.351 bits per heavy atom. The molecule has 0 aromatic heterocycles. The average Bonchev–Trinajstić information content (AvgIpc) is 3.37. The first-order valence-corrected chi connectivity index (χ1v) is 33.3. The van der Waals surface area contributed by atoms with Crippen molar-refractivity contribution in [3.63, 3.8) is 0 Å². The number of phosphoric acid groups is 2. The summed E-state index contributed by atoms with van der Waals surface area (Å²) in [7, 11) is -9.87. The van der Waals surface area contributed by atoms with Crippen molar-refractivity contribution in [2.24, 2.45) is 17.8 Å². The second kappa shape index (κ2) is 49.8. The molecule has 17 nitrogen and oxygen atoms in total. The lowest BCUT2D eigenvalue weighted by Crippen LogP contribution is -2.30. The van der Waals surface area contributed by atoms with E-state index in [0.717, 1.165) is 103 Å². The van der Waals surface area contributed by atoms with E-state index in [1.165, 1.54) is 70.6 Å². The first-order chi connectivity index (χ1) is 36.7. The fourth-order valence-corrected chi connectivity index (χ4v) is 10.00. The van der Waals surface area contributed by atoms with Crippen LogP contribution in [0, 0.1) is 17.8 Å². The van der Waals surface area contributed by atoms with Crippen LogP contribution in [0.5, 0.6) is 0 Å². The van der Waals surface area contributed by atoms with Gasteiger partial charge in [-0.3, -0.25) is 37.3 Å². The molecule has 0 fully saturated rings. The maximum Gasteiger partial charge on any atom is 0.472 e. The topological polar surface area (TPSA) is 237 Å². The van der Waals surface area contributed by atoms with Crippen LogP contribution in [0.25, 0.3) is 0 Å². The summed E-state index contributed by atoms with van der Waals surface area (Å²) in [5, 5.41) is 10.5. The van der Waals surface area contributed by atoms with Crippen LogP contribution < -0.4 is 0 Å². The molecule has 3 N–H and O–H groups in total. The highest BCUT2D eigenvalue weighted by Crippen LogP contribution is 2.45. The number of aliphatic hydroxyl groups is 1. The van der Waals surface area contributed by atoms with Crippen LogP contribution in [-0.4, -0.2) is 96.7 Å². The van der Waals surface area contributed by atoms with Gasteiger partial charge in [0, 0.05) is 25.7 Å². The average molecular weight is 1140 g/mol. The molecule has 0 aliphatic carbocycles. The summed E-state index contributed by atoms with van der Waals surface area (Å²) in [6.45, 7) is 11.5. The molecule has 77 heavy (non-hydrogen) atoms. The minimum Gasteiger partial charge on any atom is -0.462 e. The third kappa shape index (κ3) is 53.2. The number of hydrogen-bond acceptors (Lipinski definition) is 15. The third-order valence-corrected chi connectivity index (χ3v) is 15.0. The van der Waals surface area contributed by atoms with Crippen LogP contribution in [0.4, 0.5) is 0 Å². The number of esters is 4. The van der Waals surface area contributed by atoms with E-state index in [4.69, 9.17) is 37.0 Å². The Hall–Kier alpha value is -1.94. The Bertz CT molecular complexity index is 1550. The Kier molecular flexibility index (Phi) is 48.6. The van der Waals surface area contributed by atoms with Crippen LogP contribution in [-0.2, 0) is 65.4 Å². The minimum absolute atomic E-state index is 0.100. The van der Waals surface area contributed by atoms with Crippen LogP contribution >= 0.6 is 15.6 Å². The molecule has 0 bridgehead atoms. The zero-order valence-electron chi connectivity index (χ0n) is 49.4. The van der Waals surface area contributed by atoms with Crippen molar-refractivity contribution in [3.05, 3.63) is 0 Å². The lowest BCUT2D eigenvalue weighted by molar-refractivity contribution is -0.161. The fraction of sp³-hybridized carbons (Fsp3) is 0.931. The summed E-state index contributed by atoms with van der Waals surface area (Å²) in [5.74, 6) is -0.123. The van der Waals surface area contributed by atoms with E-state index >= 15 is 0 Å². The van der Waals surface area contributed by atoms with Gasteiger partial charge in [-0.1, -0.05) is 222 Å². The van der Waals surface area contributed by atoms with Crippen LogP contribution in [0.15, 0.2) is 0 Å². The molecule has 19 heteroatoms. The van der Waals surface area contributed by atoms with Gasteiger partial charge in [-0.2, -0.15) is 0 Å². The molecule has 0 radical (unpaired) electrons. The monoisotopic (exact) mass is 1140 g/mol. The number of phosphoric ester groups is 2. The molecular weight excluding hydrogens is 1030 g/mol. The standard InChI is InChI=1S/C58H112O17P2/c1-8-9-10-11-12-13-14-15-27-34-41-57(62)74-53(45-68-55(60)39-32-25-19-16-22-29-36-49(2)3)47-72-76(64,65)70-43-52(59)44-71-77(66,67)73-48-54(75-58(63)42-35-28-21-18-24-31-38-51(6)7)46-69-56(61)40-33-26-20-17-23-30-37-50(4)5/h49-54,59H,8-48H2,1-7H3,(H,64,65)(H,66,67)/t52-,53-,54-/m1/s1. The zero-order chi connectivity index (χ0) is 57.4. The lowest BCUT2D eigenvalue weighted by Gasteiger charge is -2.21. The van der Waals surface area contributed by atoms with Crippen LogP contribution in [0.1, 0.15) is 273 Å². The van der Waals surface area contributed by atoms with Gasteiger partial charge in [0.2, 0.25) is 0 Å². The smallest absolute Gasteiger partial charge is 0.462 e. The first-order valence-electron chi connectivity index (χ1n) is 30.3. The molecule has 0 aromatic carbocycles. The summed E-state index contributed by atoms with van der Waals surface area (Å²) in [6, 6.07) is 0. The van der Waals surface area contributed by atoms with Gasteiger partial charge in [-0.25, -0.2) is 9.13 Å². The number of carbonyl (C=O) groups is 4. The van der Waals surface area contributed by atoms with E-state index in [0.29, 0.717) is 43.4 Å². The SMILES string of the molecule is CCCCCCCCCCCCC(=O)O[C@H](COC(=O)CCCCCCCCC(C)C)COP(=O)(O)OC[C@@H](O)COP(=O)(O)OC[C@@H](COC(=O)CCCCCCCCC(C)C)OC(=O)CCCCCCCCC(C)C. The number of hydrogen-bond donors (Lipinski definition) is 3. The van der Waals surface area contributed by atoms with Gasteiger partial charge in [-0.05, 0) is 43.4 Å². The maximum atomic E-state index is 12.9. The summed E-state index contributed by atoms with van der Waals surface area (Å²) >= 11 is 0. The Balaban J connectivity index is 5.23. The summed E-state index contributed by atoms with van der Waals surface area (Å²) in [4.78, 5) is 71.8. The van der Waals surface area contributed by atoms with Crippen LogP contribution in [0.2, 0.25) is 0 Å². The zero-order valence-corrected chi connectivity index (χ0v) is 51.2. The second-order valence-electron chi connectivity index (χ2n) is 22.5. The molecule has 0 heterocycles. The quantitative estimate of drug-likeness (QED) is 0.0222. The summed E-state index contributed by atoms with van der Waals surface area (Å²) < 4.78 is 67.6. The molecule has 0 saturated heterocycles. The highest BCUT2D eigenvalue weighted by Gasteiger charge is 2.30. The van der Waals surface area contributed by atoms with Gasteiger partial charge in [0.15, 0.2) is 12.2 Å². The van der Waals surface area contributed by atoms with Gasteiger partial charge in [0.25, 0.3) is 0 Å². The molecular formula is C58H112O17P2. The van der Waals surface area contributed by atoms with Gasteiger partial charge < -0.3 is 33.8 Å². The van der Waals surface area contributed by atoms with E-state index < -0.39 is 97.5 Å². The second-order valence-corrected chi connectivity index (χ2v) is 25.4. The van der Waals surface area contributed by atoms with Gasteiger partial charge in [0.1, 0.15) is 19.3 Å². The van der Waals surface area contributed by atoms with Gasteiger partial charge in [0.05, 0.1) is 26.4 Å². The number of ether oxygens (including phenoxy) is 4. The molecule has 0 rings (SSSR count). The molecule has 456 valence electrons. The maximum absolute atomic E-state index is 12.9. The van der Waals surface area contributed by atoms with Crippen molar-refractivity contribution in [2.45, 2.75) is 292 Å². The van der Waals surface area contributed by atoms with Crippen molar-refractivity contribution in [1.29, 1.82) is 0 Å². The number of carbonyl (C=O) groups excluding carboxylic acids is 4. The van der Waals surface area contributed by atoms with E-state index in [-0.39, 0.29) is 25.7 Å². The predicted molar refractivity (Wildman–Crippen MR) is 303 cm³/mol. The number of aliphatic hydroxyl groups excluding tert-OH is 1. The minimum atomic E-state index is -4.94. The highest BCUT2D eigenvalue weighted by molar-refractivity contribution is 7.47. The van der Waals surface area contributed by atoms with E-state index in [1.54, 1.807) is 0 Å². The van der Waals surface area contributed by atoms with Crippen molar-refractivity contribution < 1.29 is 80.2 Å². The first kappa shape index (κ1) is 75.1. The van der Waals surface area contributed by atoms with Crippen LogP contribution in [0.3, 0.4) is 0 Å². The molecule has 2 unspecified atom stereocenters. The molecule has 5 atom stereocenters. The normalized spacial score (nSPS) is 14.6. The van der Waals surface area contributed by atoms with Gasteiger partial charge >= 0.3 is 39.5 Å². The number of rotatable bonds is 56. The molecule has 0 aliphatic heterocycles. The predicted octanol–water partition coefficient (Wildman–Crippen LogP) is 15.2. The largest absolute Gasteiger partial charge is 0.472 e. The van der Waals surface area contributed by atoms with Crippen molar-refractivity contribution in [3.8, 4) is 0 Å². The van der Waals surface area contributed by atoms with E-state index in [9.17, 15) is 43.2 Å². The Morgan fingerprint density at radius 2 is 0.597 bits per heavy atom. The fourth-order valence-electron chi connectivity index (χ4n) is 8.42. The lowest BCUT2D eigenvalue weighted by atomic mass is 10.0. The van der Waals surface area contributed by atoms with Crippen molar-refractivity contribution >= 4 is 39.5 Å². The third-order valence-electron chi connectivity index (χ3n) is 13.1.